The van der Waals surface area contributed by atoms with Crippen molar-refractivity contribution in [3.63, 3.8) is 0 Å². The minimum Gasteiger partial charge on any atom is -0.395 e. The molecule has 0 amide bonds. The topological polar surface area (TPSA) is 52.5 Å². The minimum absolute atomic E-state index is 0.145. The maximum atomic E-state index is 9.01. The summed E-state index contributed by atoms with van der Waals surface area (Å²) in [7, 11) is 0. The van der Waals surface area contributed by atoms with E-state index in [1.54, 1.807) is 0 Å². The summed E-state index contributed by atoms with van der Waals surface area (Å²) >= 11 is 0. The average molecular weight is 203 g/mol. The van der Waals surface area contributed by atoms with E-state index >= 15 is 0 Å². The van der Waals surface area contributed by atoms with Gasteiger partial charge in [0.2, 0.25) is 0 Å². The molecule has 0 radical (unpaired) electrons. The predicted molar refractivity (Wildman–Crippen MR) is 59.3 cm³/mol. The highest BCUT2D eigenvalue weighted by molar-refractivity contribution is 4.64. The lowest BCUT2D eigenvalue weighted by Crippen LogP contribution is -2.34. The highest BCUT2D eigenvalue weighted by Gasteiger charge is 2.04. The number of nitrogens with one attached hydrogen (secondary N) is 1. The van der Waals surface area contributed by atoms with Crippen molar-refractivity contribution in [2.24, 2.45) is 0 Å². The third-order valence-corrected chi connectivity index (χ3v) is 2.42. The lowest BCUT2D eigenvalue weighted by Gasteiger charge is -2.14. The van der Waals surface area contributed by atoms with Gasteiger partial charge in [0, 0.05) is 12.6 Å². The van der Waals surface area contributed by atoms with Crippen LogP contribution in [0.5, 0.6) is 0 Å². The molecule has 0 rings (SSSR count). The molecule has 0 aromatic rings. The van der Waals surface area contributed by atoms with E-state index in [9.17, 15) is 0 Å². The van der Waals surface area contributed by atoms with E-state index in [2.05, 4.69) is 12.2 Å². The Balaban J connectivity index is 3.24. The molecule has 0 aromatic carbocycles. The molecule has 0 aliphatic rings. The molecule has 3 N–H and O–H groups in total. The maximum Gasteiger partial charge on any atom is 0.0584 e. The Kier molecular flexibility index (Phi) is 10.9. The number of unbranched alkanes of at least 4 members (excludes halogenated alkanes) is 4. The number of hydrogen-bond acceptors (Lipinski definition) is 3. The highest BCUT2D eigenvalue weighted by Crippen LogP contribution is 2.06. The number of aliphatic hydroxyl groups excluding tert-OH is 2. The third-order valence-electron chi connectivity index (χ3n) is 2.42. The Morgan fingerprint density at radius 2 is 1.79 bits per heavy atom. The Bertz CT molecular complexity index is 109. The van der Waals surface area contributed by atoms with E-state index < -0.39 is 0 Å². The zero-order valence-electron chi connectivity index (χ0n) is 9.34. The maximum absolute atomic E-state index is 9.01. The van der Waals surface area contributed by atoms with Gasteiger partial charge < -0.3 is 15.5 Å². The summed E-state index contributed by atoms with van der Waals surface area (Å²) < 4.78 is 0. The second kappa shape index (κ2) is 11.0. The summed E-state index contributed by atoms with van der Waals surface area (Å²) in [5.74, 6) is 0. The van der Waals surface area contributed by atoms with Crippen molar-refractivity contribution in [2.45, 2.75) is 51.5 Å². The van der Waals surface area contributed by atoms with Crippen LogP contribution in [-0.2, 0) is 0 Å². The van der Waals surface area contributed by atoms with Crippen molar-refractivity contribution in [3.8, 4) is 0 Å². The largest absolute Gasteiger partial charge is 0.395 e. The van der Waals surface area contributed by atoms with Crippen LogP contribution in [0.1, 0.15) is 45.4 Å². The molecule has 0 bridgehead atoms. The summed E-state index contributed by atoms with van der Waals surface area (Å²) in [6.45, 7) is 3.11. The first kappa shape index (κ1) is 13.9. The van der Waals surface area contributed by atoms with Crippen molar-refractivity contribution < 1.29 is 10.2 Å². The second-order valence-corrected chi connectivity index (χ2v) is 3.76. The van der Waals surface area contributed by atoms with E-state index in [1.807, 2.05) is 0 Å². The Labute approximate surface area is 87.5 Å². The second-order valence-electron chi connectivity index (χ2n) is 3.76. The average Bonchev–Trinajstić information content (AvgIpc) is 2.22. The first-order chi connectivity index (χ1) is 6.85. The third kappa shape index (κ3) is 8.48. The predicted octanol–water partition coefficient (Wildman–Crippen LogP) is 1.29. The summed E-state index contributed by atoms with van der Waals surface area (Å²) in [6.07, 6.45) is 7.32. The molecule has 0 fully saturated rings. The van der Waals surface area contributed by atoms with Crippen molar-refractivity contribution in [1.82, 2.24) is 5.32 Å². The molecule has 0 aliphatic heterocycles. The molecule has 3 heteroatoms. The molecule has 14 heavy (non-hydrogen) atoms. The van der Waals surface area contributed by atoms with Crippen molar-refractivity contribution >= 4 is 0 Å². The van der Waals surface area contributed by atoms with Gasteiger partial charge in [-0.1, -0.05) is 39.0 Å². The molecule has 86 valence electrons. The standard InChI is InChI=1S/C11H25NO2/c1-2-3-4-5-6-7-11(10-14)12-8-9-13/h11-14H,2-10H2,1H3. The van der Waals surface area contributed by atoms with Gasteiger partial charge in [-0.3, -0.25) is 0 Å². The highest BCUT2D eigenvalue weighted by atomic mass is 16.3. The van der Waals surface area contributed by atoms with Crippen LogP contribution in [0.3, 0.4) is 0 Å². The van der Waals surface area contributed by atoms with Crippen LogP contribution in [0.15, 0.2) is 0 Å². The first-order valence-corrected chi connectivity index (χ1v) is 5.80. The first-order valence-electron chi connectivity index (χ1n) is 5.80. The monoisotopic (exact) mass is 203 g/mol. The Hall–Kier alpha value is -0.120. The number of aliphatic hydroxyl groups is 2. The van der Waals surface area contributed by atoms with Gasteiger partial charge in [-0.25, -0.2) is 0 Å². The summed E-state index contributed by atoms with van der Waals surface area (Å²) in [6, 6.07) is 0.170. The van der Waals surface area contributed by atoms with Gasteiger partial charge in [0.15, 0.2) is 0 Å². The molecular weight excluding hydrogens is 178 g/mol. The van der Waals surface area contributed by atoms with Gasteiger partial charge in [0.1, 0.15) is 0 Å². The van der Waals surface area contributed by atoms with Crippen molar-refractivity contribution in [3.05, 3.63) is 0 Å². The fourth-order valence-corrected chi connectivity index (χ4v) is 1.52. The Morgan fingerprint density at radius 3 is 2.36 bits per heavy atom. The van der Waals surface area contributed by atoms with E-state index in [0.717, 1.165) is 6.42 Å². The molecule has 1 unspecified atom stereocenters. The SMILES string of the molecule is CCCCCCCC(CO)NCCO. The van der Waals surface area contributed by atoms with Gasteiger partial charge >= 0.3 is 0 Å². The van der Waals surface area contributed by atoms with Crippen LogP contribution >= 0.6 is 0 Å². The quantitative estimate of drug-likeness (QED) is 0.469. The molecule has 3 nitrogen and oxygen atoms in total. The summed E-state index contributed by atoms with van der Waals surface area (Å²) in [5, 5.41) is 20.7. The van der Waals surface area contributed by atoms with Crippen LogP contribution in [0.25, 0.3) is 0 Å². The molecule has 1 atom stereocenters. The fourth-order valence-electron chi connectivity index (χ4n) is 1.52. The molecule has 0 aliphatic carbocycles. The van der Waals surface area contributed by atoms with Crippen molar-refractivity contribution in [1.29, 1.82) is 0 Å². The van der Waals surface area contributed by atoms with Gasteiger partial charge in [-0.15, -0.1) is 0 Å². The van der Waals surface area contributed by atoms with Gasteiger partial charge in [0.05, 0.1) is 13.2 Å². The van der Waals surface area contributed by atoms with Crippen LogP contribution < -0.4 is 5.32 Å². The van der Waals surface area contributed by atoms with Crippen LogP contribution in [0.2, 0.25) is 0 Å². The number of rotatable bonds is 10. The summed E-state index contributed by atoms with van der Waals surface area (Å²) in [4.78, 5) is 0. The smallest absolute Gasteiger partial charge is 0.0584 e. The lowest BCUT2D eigenvalue weighted by molar-refractivity contribution is 0.217. The molecule has 0 saturated carbocycles. The van der Waals surface area contributed by atoms with Crippen LogP contribution in [0.4, 0.5) is 0 Å². The van der Waals surface area contributed by atoms with Crippen molar-refractivity contribution in [2.75, 3.05) is 19.8 Å². The van der Waals surface area contributed by atoms with E-state index in [0.29, 0.717) is 6.54 Å². The molecule has 0 spiro atoms. The van der Waals surface area contributed by atoms with Crippen LogP contribution in [0, 0.1) is 0 Å². The van der Waals surface area contributed by atoms with Gasteiger partial charge in [-0.2, -0.15) is 0 Å². The fraction of sp³-hybridized carbons (Fsp3) is 1.00. The van der Waals surface area contributed by atoms with Gasteiger partial charge in [-0.05, 0) is 6.42 Å². The zero-order chi connectivity index (χ0) is 10.6. The van der Waals surface area contributed by atoms with E-state index in [-0.39, 0.29) is 19.3 Å². The van der Waals surface area contributed by atoms with Gasteiger partial charge in [0.25, 0.3) is 0 Å². The normalized spacial score (nSPS) is 13.1. The molecular formula is C11H25NO2. The van der Waals surface area contributed by atoms with E-state index in [4.69, 9.17) is 10.2 Å². The number of hydrogen-bond donors (Lipinski definition) is 3. The van der Waals surface area contributed by atoms with E-state index in [1.165, 1.54) is 32.1 Å². The molecule has 0 saturated heterocycles. The lowest BCUT2D eigenvalue weighted by atomic mass is 10.1. The summed E-state index contributed by atoms with van der Waals surface area (Å²) in [5.41, 5.74) is 0. The molecule has 0 aromatic heterocycles. The minimum atomic E-state index is 0.145. The Morgan fingerprint density at radius 1 is 1.07 bits per heavy atom. The van der Waals surface area contributed by atoms with Crippen LogP contribution in [-0.4, -0.2) is 36.0 Å². The molecule has 0 heterocycles. The zero-order valence-corrected chi connectivity index (χ0v) is 9.34.